The molecule has 0 radical (unpaired) electrons. The van der Waals surface area contributed by atoms with Gasteiger partial charge < -0.3 is 9.47 Å². The molecule has 0 N–H and O–H groups in total. The van der Waals surface area contributed by atoms with Crippen molar-refractivity contribution in [3.05, 3.63) is 24.0 Å². The fourth-order valence-corrected chi connectivity index (χ4v) is 2.18. The molecule has 0 spiro atoms. The van der Waals surface area contributed by atoms with E-state index < -0.39 is 0 Å². The highest BCUT2D eigenvalue weighted by Crippen LogP contribution is 2.08. The van der Waals surface area contributed by atoms with Crippen LogP contribution in [0.4, 0.5) is 0 Å². The summed E-state index contributed by atoms with van der Waals surface area (Å²) in [5, 5.41) is 8.84. The SMILES string of the molecule is N#Cc1cccn1CCCN1CCCC1. The van der Waals surface area contributed by atoms with Crippen LogP contribution in [0.3, 0.4) is 0 Å². The molecule has 0 aliphatic carbocycles. The molecular weight excluding hydrogens is 186 g/mol. The zero-order valence-corrected chi connectivity index (χ0v) is 9.02. The summed E-state index contributed by atoms with van der Waals surface area (Å²) in [6.45, 7) is 4.66. The van der Waals surface area contributed by atoms with E-state index in [0.29, 0.717) is 0 Å². The van der Waals surface area contributed by atoms with E-state index in [0.717, 1.165) is 18.7 Å². The largest absolute Gasteiger partial charge is 0.339 e. The normalized spacial score (nSPS) is 16.7. The van der Waals surface area contributed by atoms with Crippen molar-refractivity contribution in [2.45, 2.75) is 25.8 Å². The van der Waals surface area contributed by atoms with E-state index in [2.05, 4.69) is 11.0 Å². The Bertz CT molecular complexity index is 342. The number of nitrogens with zero attached hydrogens (tertiary/aromatic N) is 3. The Labute approximate surface area is 90.9 Å². The number of hydrogen-bond donors (Lipinski definition) is 0. The summed E-state index contributed by atoms with van der Waals surface area (Å²) < 4.78 is 2.04. The second-order valence-electron chi connectivity index (χ2n) is 4.10. The van der Waals surface area contributed by atoms with Gasteiger partial charge in [0.05, 0.1) is 0 Å². The summed E-state index contributed by atoms with van der Waals surface area (Å²) >= 11 is 0. The standard InChI is InChI=1S/C12H17N3/c13-11-12-5-3-9-15(12)10-4-8-14-6-1-2-7-14/h3,5,9H,1-2,4,6-8,10H2. The second kappa shape index (κ2) is 4.99. The van der Waals surface area contributed by atoms with E-state index in [-0.39, 0.29) is 0 Å². The van der Waals surface area contributed by atoms with E-state index in [1.807, 2.05) is 22.9 Å². The summed E-state index contributed by atoms with van der Waals surface area (Å²) in [7, 11) is 0. The molecule has 1 aliphatic rings. The number of hydrogen-bond acceptors (Lipinski definition) is 2. The Hall–Kier alpha value is -1.27. The Morgan fingerprint density at radius 3 is 2.80 bits per heavy atom. The maximum Gasteiger partial charge on any atom is 0.120 e. The highest BCUT2D eigenvalue weighted by atomic mass is 15.1. The fourth-order valence-electron chi connectivity index (χ4n) is 2.18. The molecule has 3 heteroatoms. The van der Waals surface area contributed by atoms with Crippen molar-refractivity contribution in [1.82, 2.24) is 9.47 Å². The second-order valence-corrected chi connectivity index (χ2v) is 4.10. The van der Waals surface area contributed by atoms with Crippen LogP contribution in [0.5, 0.6) is 0 Å². The third-order valence-corrected chi connectivity index (χ3v) is 3.02. The van der Waals surface area contributed by atoms with Crippen LogP contribution in [-0.4, -0.2) is 29.1 Å². The first-order chi connectivity index (χ1) is 7.40. The van der Waals surface area contributed by atoms with Gasteiger partial charge in [0.1, 0.15) is 11.8 Å². The van der Waals surface area contributed by atoms with Gasteiger partial charge in [0.2, 0.25) is 0 Å². The number of nitriles is 1. The lowest BCUT2D eigenvalue weighted by Crippen LogP contribution is -2.21. The first kappa shape index (κ1) is 10.3. The molecule has 1 aliphatic heterocycles. The predicted molar refractivity (Wildman–Crippen MR) is 59.4 cm³/mol. The molecule has 1 saturated heterocycles. The van der Waals surface area contributed by atoms with E-state index in [1.165, 1.54) is 32.5 Å². The van der Waals surface area contributed by atoms with E-state index in [9.17, 15) is 0 Å². The molecule has 0 amide bonds. The van der Waals surface area contributed by atoms with Gasteiger partial charge in [-0.15, -0.1) is 0 Å². The topological polar surface area (TPSA) is 32.0 Å². The fraction of sp³-hybridized carbons (Fsp3) is 0.583. The minimum absolute atomic E-state index is 0.774. The number of rotatable bonds is 4. The van der Waals surface area contributed by atoms with Crippen LogP contribution in [0.25, 0.3) is 0 Å². The van der Waals surface area contributed by atoms with Crippen molar-refractivity contribution < 1.29 is 0 Å². The van der Waals surface area contributed by atoms with Crippen LogP contribution >= 0.6 is 0 Å². The average molecular weight is 203 g/mol. The van der Waals surface area contributed by atoms with Gasteiger partial charge in [-0.3, -0.25) is 0 Å². The van der Waals surface area contributed by atoms with Gasteiger partial charge in [0, 0.05) is 12.7 Å². The van der Waals surface area contributed by atoms with Crippen molar-refractivity contribution in [1.29, 1.82) is 5.26 Å². The number of aryl methyl sites for hydroxylation is 1. The molecule has 0 bridgehead atoms. The molecule has 1 aromatic heterocycles. The maximum atomic E-state index is 8.84. The Balaban J connectivity index is 1.76. The Kier molecular flexibility index (Phi) is 3.41. The first-order valence-corrected chi connectivity index (χ1v) is 5.68. The van der Waals surface area contributed by atoms with Crippen LogP contribution in [0.15, 0.2) is 18.3 Å². The molecule has 3 nitrogen and oxygen atoms in total. The molecule has 1 aromatic rings. The Morgan fingerprint density at radius 2 is 2.07 bits per heavy atom. The first-order valence-electron chi connectivity index (χ1n) is 5.68. The zero-order chi connectivity index (χ0) is 10.5. The summed E-state index contributed by atoms with van der Waals surface area (Å²) in [5.74, 6) is 0. The molecule has 15 heavy (non-hydrogen) atoms. The van der Waals surface area contributed by atoms with Crippen molar-refractivity contribution in [2.24, 2.45) is 0 Å². The lowest BCUT2D eigenvalue weighted by Gasteiger charge is -2.14. The van der Waals surface area contributed by atoms with Gasteiger partial charge >= 0.3 is 0 Å². The predicted octanol–water partition coefficient (Wildman–Crippen LogP) is 1.85. The van der Waals surface area contributed by atoms with Crippen molar-refractivity contribution in [3.8, 4) is 6.07 Å². The minimum atomic E-state index is 0.774. The summed E-state index contributed by atoms with van der Waals surface area (Å²) in [4.78, 5) is 2.51. The lowest BCUT2D eigenvalue weighted by atomic mass is 10.3. The Morgan fingerprint density at radius 1 is 1.27 bits per heavy atom. The zero-order valence-electron chi connectivity index (χ0n) is 9.02. The monoisotopic (exact) mass is 203 g/mol. The average Bonchev–Trinajstić information content (AvgIpc) is 2.88. The van der Waals surface area contributed by atoms with Crippen LogP contribution in [0, 0.1) is 11.3 Å². The van der Waals surface area contributed by atoms with E-state index >= 15 is 0 Å². The van der Waals surface area contributed by atoms with Crippen LogP contribution in [0.2, 0.25) is 0 Å². The molecule has 80 valence electrons. The molecule has 0 aromatic carbocycles. The number of likely N-dealkylation sites (tertiary alicyclic amines) is 1. The summed E-state index contributed by atoms with van der Waals surface area (Å²) in [6, 6.07) is 6.01. The molecule has 2 rings (SSSR count). The number of aromatic nitrogens is 1. The van der Waals surface area contributed by atoms with Crippen molar-refractivity contribution in [2.75, 3.05) is 19.6 Å². The molecule has 1 fully saturated rings. The van der Waals surface area contributed by atoms with Crippen LogP contribution in [0.1, 0.15) is 25.0 Å². The van der Waals surface area contributed by atoms with Gasteiger partial charge in [-0.2, -0.15) is 5.26 Å². The maximum absolute atomic E-state index is 8.84. The smallest absolute Gasteiger partial charge is 0.120 e. The van der Waals surface area contributed by atoms with E-state index in [4.69, 9.17) is 5.26 Å². The highest BCUT2D eigenvalue weighted by molar-refractivity contribution is 5.21. The quantitative estimate of drug-likeness (QED) is 0.748. The highest BCUT2D eigenvalue weighted by Gasteiger charge is 2.10. The van der Waals surface area contributed by atoms with Gasteiger partial charge in [-0.1, -0.05) is 0 Å². The summed E-state index contributed by atoms with van der Waals surface area (Å²) in [6.07, 6.45) is 5.84. The van der Waals surface area contributed by atoms with Gasteiger partial charge in [0.15, 0.2) is 0 Å². The third-order valence-electron chi connectivity index (χ3n) is 3.02. The summed E-state index contributed by atoms with van der Waals surface area (Å²) in [5.41, 5.74) is 0.774. The third kappa shape index (κ3) is 2.60. The molecular formula is C12H17N3. The van der Waals surface area contributed by atoms with Gasteiger partial charge in [-0.25, -0.2) is 0 Å². The molecule has 0 saturated carbocycles. The van der Waals surface area contributed by atoms with Gasteiger partial charge in [-0.05, 0) is 51.0 Å². The lowest BCUT2D eigenvalue weighted by molar-refractivity contribution is 0.325. The minimum Gasteiger partial charge on any atom is -0.339 e. The van der Waals surface area contributed by atoms with Crippen LogP contribution in [-0.2, 0) is 6.54 Å². The van der Waals surface area contributed by atoms with Crippen molar-refractivity contribution in [3.63, 3.8) is 0 Å². The molecule has 2 heterocycles. The van der Waals surface area contributed by atoms with Gasteiger partial charge in [0.25, 0.3) is 0 Å². The van der Waals surface area contributed by atoms with Crippen LogP contribution < -0.4 is 0 Å². The van der Waals surface area contributed by atoms with Crippen molar-refractivity contribution >= 4 is 0 Å². The molecule has 0 atom stereocenters. The van der Waals surface area contributed by atoms with E-state index in [1.54, 1.807) is 0 Å². The molecule has 0 unspecified atom stereocenters.